The average Bonchev–Trinajstić information content (AvgIpc) is 2.59. The van der Waals surface area contributed by atoms with Gasteiger partial charge in [0.1, 0.15) is 0 Å². The first-order valence-corrected chi connectivity index (χ1v) is 8.81. The number of hydrogen-bond acceptors (Lipinski definition) is 4. The van der Waals surface area contributed by atoms with E-state index >= 15 is 0 Å². The van der Waals surface area contributed by atoms with Gasteiger partial charge in [-0.2, -0.15) is 4.72 Å². The van der Waals surface area contributed by atoms with Crippen LogP contribution in [0.4, 0.5) is 0 Å². The van der Waals surface area contributed by atoms with Crippen LogP contribution in [-0.2, 0) is 19.6 Å². The highest BCUT2D eigenvalue weighted by Gasteiger charge is 2.19. The van der Waals surface area contributed by atoms with E-state index < -0.39 is 22.0 Å². The van der Waals surface area contributed by atoms with E-state index in [1.807, 2.05) is 13.0 Å². The molecule has 0 amide bonds. The summed E-state index contributed by atoms with van der Waals surface area (Å²) in [7, 11) is -2.47. The molecule has 1 unspecified atom stereocenters. The Balaban J connectivity index is 2.32. The van der Waals surface area contributed by atoms with Crippen molar-refractivity contribution in [3.05, 3.63) is 77.9 Å². The molecule has 0 heterocycles. The van der Waals surface area contributed by atoms with Gasteiger partial charge in [0.05, 0.1) is 18.0 Å². The second kappa shape index (κ2) is 7.90. The van der Waals surface area contributed by atoms with Crippen LogP contribution in [0, 0.1) is 6.92 Å². The second-order valence-electron chi connectivity index (χ2n) is 5.20. The van der Waals surface area contributed by atoms with Gasteiger partial charge in [-0.05, 0) is 24.6 Å². The molecular formula is C18H19NO4S. The Morgan fingerprint density at radius 3 is 2.29 bits per heavy atom. The van der Waals surface area contributed by atoms with Crippen LogP contribution >= 0.6 is 0 Å². The van der Waals surface area contributed by atoms with Gasteiger partial charge in [0, 0.05) is 6.08 Å². The van der Waals surface area contributed by atoms with E-state index in [0.29, 0.717) is 5.56 Å². The number of sulfonamides is 1. The summed E-state index contributed by atoms with van der Waals surface area (Å²) in [6, 6.07) is 14.9. The summed E-state index contributed by atoms with van der Waals surface area (Å²) in [4.78, 5) is 11.5. The van der Waals surface area contributed by atoms with Crippen LogP contribution in [0.15, 0.2) is 71.6 Å². The molecule has 1 N–H and O–H groups in total. The minimum Gasteiger partial charge on any atom is -0.466 e. The quantitative estimate of drug-likeness (QED) is 0.645. The van der Waals surface area contributed by atoms with E-state index in [1.165, 1.54) is 19.3 Å². The fraction of sp³-hybridized carbons (Fsp3) is 0.167. The molecule has 0 aliphatic heterocycles. The minimum absolute atomic E-state index is 0.167. The molecule has 0 fully saturated rings. The molecule has 0 saturated carbocycles. The third kappa shape index (κ3) is 4.78. The lowest BCUT2D eigenvalue weighted by Crippen LogP contribution is -2.27. The summed E-state index contributed by atoms with van der Waals surface area (Å²) in [5.41, 5.74) is 1.69. The molecule has 0 saturated heterocycles. The van der Waals surface area contributed by atoms with Gasteiger partial charge >= 0.3 is 5.97 Å². The van der Waals surface area contributed by atoms with Gasteiger partial charge in [-0.15, -0.1) is 0 Å². The number of carbonyl (C=O) groups excluding carboxylic acids is 1. The molecule has 2 aromatic carbocycles. The lowest BCUT2D eigenvalue weighted by atomic mass is 10.1. The number of rotatable bonds is 6. The molecule has 0 aromatic heterocycles. The van der Waals surface area contributed by atoms with Crippen molar-refractivity contribution in [3.8, 4) is 0 Å². The number of methoxy groups -OCH3 is 1. The van der Waals surface area contributed by atoms with Crippen molar-refractivity contribution in [2.75, 3.05) is 7.11 Å². The molecule has 0 aliphatic rings. The Hall–Kier alpha value is -2.44. The first-order valence-electron chi connectivity index (χ1n) is 7.32. The Labute approximate surface area is 142 Å². The maximum absolute atomic E-state index is 12.6. The summed E-state index contributed by atoms with van der Waals surface area (Å²) < 4.78 is 32.3. The average molecular weight is 345 g/mol. The zero-order valence-corrected chi connectivity index (χ0v) is 14.3. The van der Waals surface area contributed by atoms with E-state index in [2.05, 4.69) is 9.46 Å². The standard InChI is InChI=1S/C18H19NO4S/c1-14-8-10-16(11-9-14)24(21,22)19-17(12-13-18(20)23-2)15-6-4-3-5-7-15/h3-13,17,19H,1-2H3/b13-12+. The van der Waals surface area contributed by atoms with Crippen molar-refractivity contribution >= 4 is 16.0 Å². The van der Waals surface area contributed by atoms with Crippen molar-refractivity contribution < 1.29 is 17.9 Å². The highest BCUT2D eigenvalue weighted by Crippen LogP contribution is 2.19. The molecule has 2 aromatic rings. The number of nitrogens with one attached hydrogen (secondary N) is 1. The maximum Gasteiger partial charge on any atom is 0.330 e. The zero-order chi connectivity index (χ0) is 17.6. The first-order chi connectivity index (χ1) is 11.4. The van der Waals surface area contributed by atoms with Gasteiger partial charge in [0.25, 0.3) is 0 Å². The van der Waals surface area contributed by atoms with Crippen molar-refractivity contribution in [1.29, 1.82) is 0 Å². The van der Waals surface area contributed by atoms with Gasteiger partial charge in [0.2, 0.25) is 10.0 Å². The highest BCUT2D eigenvalue weighted by molar-refractivity contribution is 7.89. The molecule has 5 nitrogen and oxygen atoms in total. The number of carbonyl (C=O) groups is 1. The summed E-state index contributed by atoms with van der Waals surface area (Å²) in [6.07, 6.45) is 2.67. The number of hydrogen-bond donors (Lipinski definition) is 1. The summed E-state index contributed by atoms with van der Waals surface area (Å²) in [5.74, 6) is -0.550. The number of benzene rings is 2. The number of esters is 1. The molecule has 0 spiro atoms. The Morgan fingerprint density at radius 2 is 1.71 bits per heavy atom. The molecule has 24 heavy (non-hydrogen) atoms. The Morgan fingerprint density at radius 1 is 1.08 bits per heavy atom. The van der Waals surface area contributed by atoms with Gasteiger partial charge < -0.3 is 4.74 Å². The third-order valence-corrected chi connectivity index (χ3v) is 4.86. The highest BCUT2D eigenvalue weighted by atomic mass is 32.2. The fourth-order valence-electron chi connectivity index (χ4n) is 2.07. The van der Waals surface area contributed by atoms with E-state index in [-0.39, 0.29) is 4.90 Å². The van der Waals surface area contributed by atoms with Crippen LogP contribution in [0.25, 0.3) is 0 Å². The molecule has 6 heteroatoms. The van der Waals surface area contributed by atoms with E-state index in [9.17, 15) is 13.2 Å². The summed E-state index contributed by atoms with van der Waals surface area (Å²) in [5, 5.41) is 0. The van der Waals surface area contributed by atoms with E-state index in [0.717, 1.165) is 5.56 Å². The lowest BCUT2D eigenvalue weighted by molar-refractivity contribution is -0.134. The minimum atomic E-state index is -3.73. The van der Waals surface area contributed by atoms with Gasteiger partial charge in [-0.1, -0.05) is 54.1 Å². The maximum atomic E-state index is 12.6. The van der Waals surface area contributed by atoms with E-state index in [1.54, 1.807) is 48.5 Å². The normalized spacial score (nSPS) is 12.9. The van der Waals surface area contributed by atoms with E-state index in [4.69, 9.17) is 0 Å². The predicted molar refractivity (Wildman–Crippen MR) is 91.8 cm³/mol. The zero-order valence-electron chi connectivity index (χ0n) is 13.5. The molecule has 1 atom stereocenters. The van der Waals surface area contributed by atoms with Crippen LogP contribution < -0.4 is 4.72 Å². The molecular weight excluding hydrogens is 326 g/mol. The van der Waals surface area contributed by atoms with Crippen LogP contribution in [0.2, 0.25) is 0 Å². The first kappa shape index (κ1) is 17.9. The number of aryl methyl sites for hydroxylation is 1. The largest absolute Gasteiger partial charge is 0.466 e. The Kier molecular flexibility index (Phi) is 5.89. The number of ether oxygens (including phenoxy) is 1. The molecule has 0 radical (unpaired) electrons. The molecule has 2 rings (SSSR count). The van der Waals surface area contributed by atoms with Crippen LogP contribution in [0.1, 0.15) is 17.2 Å². The summed E-state index contributed by atoms with van der Waals surface area (Å²) in [6.45, 7) is 1.88. The topological polar surface area (TPSA) is 72.5 Å². The van der Waals surface area contributed by atoms with Gasteiger partial charge in [-0.25, -0.2) is 13.2 Å². The van der Waals surface area contributed by atoms with Crippen LogP contribution in [0.5, 0.6) is 0 Å². The second-order valence-corrected chi connectivity index (χ2v) is 6.92. The predicted octanol–water partition coefficient (Wildman–Crippen LogP) is 2.74. The molecule has 0 aliphatic carbocycles. The smallest absolute Gasteiger partial charge is 0.330 e. The summed E-state index contributed by atoms with van der Waals surface area (Å²) >= 11 is 0. The molecule has 0 bridgehead atoms. The van der Waals surface area contributed by atoms with Crippen molar-refractivity contribution in [3.63, 3.8) is 0 Å². The Bertz CT molecular complexity index is 812. The van der Waals surface area contributed by atoms with Gasteiger partial charge in [0.15, 0.2) is 0 Å². The van der Waals surface area contributed by atoms with Crippen molar-refractivity contribution in [1.82, 2.24) is 4.72 Å². The molecule has 126 valence electrons. The van der Waals surface area contributed by atoms with Crippen LogP contribution in [-0.4, -0.2) is 21.5 Å². The lowest BCUT2D eigenvalue weighted by Gasteiger charge is -2.16. The van der Waals surface area contributed by atoms with Crippen LogP contribution in [0.3, 0.4) is 0 Å². The fourth-order valence-corrected chi connectivity index (χ4v) is 3.25. The SMILES string of the molecule is COC(=O)/C=C/C(NS(=O)(=O)c1ccc(C)cc1)c1ccccc1. The third-order valence-electron chi connectivity index (χ3n) is 3.40. The van der Waals surface area contributed by atoms with Gasteiger partial charge in [-0.3, -0.25) is 0 Å². The monoisotopic (exact) mass is 345 g/mol. The van der Waals surface area contributed by atoms with Crippen molar-refractivity contribution in [2.24, 2.45) is 0 Å². The van der Waals surface area contributed by atoms with Crippen molar-refractivity contribution in [2.45, 2.75) is 17.9 Å².